The third kappa shape index (κ3) is 8.72. The second-order valence-electron chi connectivity index (χ2n) is 9.92. The molecule has 1 amide bonds. The number of benzene rings is 1. The van der Waals surface area contributed by atoms with Crippen molar-refractivity contribution in [3.05, 3.63) is 40.8 Å². The van der Waals surface area contributed by atoms with E-state index in [0.717, 1.165) is 36.9 Å². The molecule has 2 saturated heterocycles. The number of carbonyl (C=O) groups is 2. The Morgan fingerprint density at radius 3 is 2.60 bits per heavy atom. The number of morpholine rings is 1. The maximum atomic E-state index is 14.1. The van der Waals surface area contributed by atoms with Crippen molar-refractivity contribution in [3.63, 3.8) is 0 Å². The van der Waals surface area contributed by atoms with Crippen LogP contribution >= 0.6 is 11.3 Å². The number of carboxylic acid groups (broad SMARTS) is 1. The molecule has 2 aromatic heterocycles. The van der Waals surface area contributed by atoms with Crippen molar-refractivity contribution in [2.75, 3.05) is 51.8 Å². The van der Waals surface area contributed by atoms with Gasteiger partial charge in [0.2, 0.25) is 0 Å². The van der Waals surface area contributed by atoms with Gasteiger partial charge in [0.25, 0.3) is 5.91 Å². The number of fused-ring (bicyclic) bond motifs is 1. The van der Waals surface area contributed by atoms with Gasteiger partial charge in [0.05, 0.1) is 41.9 Å². The Morgan fingerprint density at radius 1 is 1.21 bits per heavy atom. The second-order valence-corrected chi connectivity index (χ2v) is 10.9. The van der Waals surface area contributed by atoms with Crippen LogP contribution in [-0.4, -0.2) is 96.7 Å². The molecule has 2 aliphatic heterocycles. The number of aromatic nitrogens is 2. The van der Waals surface area contributed by atoms with Gasteiger partial charge < -0.3 is 34.9 Å². The number of anilines is 2. The summed E-state index contributed by atoms with van der Waals surface area (Å²) in [5, 5.41) is 14.2. The van der Waals surface area contributed by atoms with Gasteiger partial charge in [-0.25, -0.2) is 19.2 Å². The number of amides is 1. The van der Waals surface area contributed by atoms with E-state index in [-0.39, 0.29) is 23.9 Å². The third-order valence-corrected chi connectivity index (χ3v) is 7.86. The fourth-order valence-corrected chi connectivity index (χ4v) is 5.52. The molecule has 2 aliphatic rings. The van der Waals surface area contributed by atoms with E-state index in [2.05, 4.69) is 25.5 Å². The van der Waals surface area contributed by atoms with Gasteiger partial charge in [-0.15, -0.1) is 11.3 Å². The first-order valence-corrected chi connectivity index (χ1v) is 14.2. The van der Waals surface area contributed by atoms with Crippen LogP contribution in [0.25, 0.3) is 10.2 Å². The van der Waals surface area contributed by atoms with Gasteiger partial charge in [0.1, 0.15) is 34.6 Å². The zero-order chi connectivity index (χ0) is 31.1. The highest BCUT2D eigenvalue weighted by Gasteiger charge is 2.38. The van der Waals surface area contributed by atoms with Crippen molar-refractivity contribution in [3.8, 4) is 5.75 Å². The monoisotopic (exact) mass is 629 g/mol. The van der Waals surface area contributed by atoms with E-state index in [0.29, 0.717) is 53.3 Å². The van der Waals surface area contributed by atoms with Gasteiger partial charge in [0.15, 0.2) is 0 Å². The van der Waals surface area contributed by atoms with Crippen molar-refractivity contribution >= 4 is 44.9 Å². The highest BCUT2D eigenvalue weighted by atomic mass is 32.1. The summed E-state index contributed by atoms with van der Waals surface area (Å²) in [6, 6.07) is 4.39. The molecule has 2 fully saturated rings. The molecule has 5 rings (SSSR count). The van der Waals surface area contributed by atoms with Crippen molar-refractivity contribution in [1.29, 1.82) is 0 Å². The number of hydrogen-bond acceptors (Lipinski definition) is 10. The van der Waals surface area contributed by atoms with E-state index in [9.17, 15) is 22.4 Å². The summed E-state index contributed by atoms with van der Waals surface area (Å²) in [6.07, 6.45) is -2.21. The number of rotatable bonds is 7. The van der Waals surface area contributed by atoms with Gasteiger partial charge in [-0.2, -0.15) is 13.2 Å². The number of thiophene rings is 1. The summed E-state index contributed by atoms with van der Waals surface area (Å²) in [5.74, 6) is -2.35. The molecule has 234 valence electrons. The Labute approximate surface area is 248 Å². The Hall–Kier alpha value is -3.60. The number of ether oxygens (including phenoxy) is 3. The summed E-state index contributed by atoms with van der Waals surface area (Å²) in [5.41, 5.74) is 1.38. The summed E-state index contributed by atoms with van der Waals surface area (Å²) in [4.78, 5) is 34.2. The van der Waals surface area contributed by atoms with E-state index < -0.39 is 12.1 Å². The second kappa shape index (κ2) is 14.2. The molecule has 11 nitrogen and oxygen atoms in total. The number of aryl methyl sites for hydroxylation is 1. The van der Waals surface area contributed by atoms with Crippen LogP contribution in [-0.2, 0) is 14.3 Å². The lowest BCUT2D eigenvalue weighted by molar-refractivity contribution is -0.192. The highest BCUT2D eigenvalue weighted by molar-refractivity contribution is 7.20. The normalized spacial score (nSPS) is 18.0. The SMILES string of the molecule is Cc1c(C(=O)NCC2CN(C)CCO2)sc2ncnc(Nc3ccc(F)cc3OC3CCOCC3)c12.O=C(O)C(F)(F)F. The molecular formula is C27H31F4N5O6S. The number of hydrogen-bond donors (Lipinski definition) is 3. The molecule has 3 N–H and O–H groups in total. The number of aliphatic carboxylic acids is 1. The van der Waals surface area contributed by atoms with Crippen LogP contribution in [0.4, 0.5) is 29.1 Å². The molecule has 1 aromatic carbocycles. The lowest BCUT2D eigenvalue weighted by Gasteiger charge is -2.30. The fraction of sp³-hybridized carbons (Fsp3) is 0.481. The maximum Gasteiger partial charge on any atom is 0.490 e. The number of nitrogens with one attached hydrogen (secondary N) is 2. The van der Waals surface area contributed by atoms with Crippen LogP contribution in [0.3, 0.4) is 0 Å². The average Bonchev–Trinajstić information content (AvgIpc) is 3.31. The van der Waals surface area contributed by atoms with Crippen LogP contribution in [0, 0.1) is 12.7 Å². The average molecular weight is 630 g/mol. The van der Waals surface area contributed by atoms with E-state index in [1.165, 1.54) is 29.8 Å². The Balaban J connectivity index is 0.000000541. The molecule has 43 heavy (non-hydrogen) atoms. The number of alkyl halides is 3. The molecule has 4 heterocycles. The summed E-state index contributed by atoms with van der Waals surface area (Å²) < 4.78 is 63.1. The minimum Gasteiger partial charge on any atom is -0.488 e. The highest BCUT2D eigenvalue weighted by Crippen LogP contribution is 2.37. The van der Waals surface area contributed by atoms with Crippen LogP contribution in [0.2, 0.25) is 0 Å². The molecule has 16 heteroatoms. The lowest BCUT2D eigenvalue weighted by Crippen LogP contribution is -2.45. The summed E-state index contributed by atoms with van der Waals surface area (Å²) in [6.45, 7) is 5.90. The van der Waals surface area contributed by atoms with Gasteiger partial charge in [-0.1, -0.05) is 0 Å². The molecule has 0 spiro atoms. The lowest BCUT2D eigenvalue weighted by atomic mass is 10.1. The van der Waals surface area contributed by atoms with Crippen LogP contribution in [0.15, 0.2) is 24.5 Å². The summed E-state index contributed by atoms with van der Waals surface area (Å²) >= 11 is 1.32. The van der Waals surface area contributed by atoms with Crippen LogP contribution in [0.5, 0.6) is 5.75 Å². The fourth-order valence-electron chi connectivity index (χ4n) is 4.46. The number of likely N-dealkylation sites (N-methyl/N-ethyl adjacent to an activating group) is 1. The largest absolute Gasteiger partial charge is 0.490 e. The number of nitrogens with zero attached hydrogens (tertiary/aromatic N) is 3. The first kappa shape index (κ1) is 32.3. The molecule has 1 atom stereocenters. The Kier molecular flexibility index (Phi) is 10.7. The molecule has 1 unspecified atom stereocenters. The van der Waals surface area contributed by atoms with Crippen molar-refractivity contribution in [2.45, 2.75) is 38.1 Å². The van der Waals surface area contributed by atoms with Gasteiger partial charge in [-0.3, -0.25) is 4.79 Å². The quantitative estimate of drug-likeness (QED) is 0.328. The molecule has 0 aliphatic carbocycles. The van der Waals surface area contributed by atoms with Crippen molar-refractivity contribution in [2.24, 2.45) is 0 Å². The topological polar surface area (TPSA) is 135 Å². The summed E-state index contributed by atoms with van der Waals surface area (Å²) in [7, 11) is 2.04. The third-order valence-electron chi connectivity index (χ3n) is 6.67. The molecule has 3 aromatic rings. The maximum absolute atomic E-state index is 14.1. The predicted molar refractivity (Wildman–Crippen MR) is 150 cm³/mol. The van der Waals surface area contributed by atoms with E-state index in [1.54, 1.807) is 6.07 Å². The first-order valence-electron chi connectivity index (χ1n) is 13.4. The molecular weight excluding hydrogens is 598 g/mol. The zero-order valence-corrected chi connectivity index (χ0v) is 24.2. The minimum atomic E-state index is -5.08. The number of halogens is 4. The Morgan fingerprint density at radius 2 is 1.93 bits per heavy atom. The first-order chi connectivity index (χ1) is 20.4. The van der Waals surface area contributed by atoms with Gasteiger partial charge in [-0.05, 0) is 31.7 Å². The molecule has 0 saturated carbocycles. The van der Waals surface area contributed by atoms with Crippen LogP contribution in [0.1, 0.15) is 28.1 Å². The Bertz CT molecular complexity index is 1430. The van der Waals surface area contributed by atoms with Gasteiger partial charge >= 0.3 is 12.1 Å². The van der Waals surface area contributed by atoms with Crippen molar-refractivity contribution < 1.29 is 46.5 Å². The van der Waals surface area contributed by atoms with E-state index >= 15 is 0 Å². The van der Waals surface area contributed by atoms with E-state index in [4.69, 9.17) is 24.1 Å². The standard InChI is InChI=1S/C25H30FN5O4S.C2HF3O2/c1-15-21-23(30-19-4-3-16(26)11-20(19)35-17-5-8-33-9-6-17)28-14-29-25(21)36-22(15)24(32)27-12-18-13-31(2)7-10-34-18;3-2(4,5)1(6)7/h3-4,11,14,17-18H,5-10,12-13H2,1-2H3,(H,27,32)(H,28,29,30);(H,6,7). The van der Waals surface area contributed by atoms with Crippen LogP contribution < -0.4 is 15.4 Å². The van der Waals surface area contributed by atoms with E-state index in [1.807, 2.05) is 14.0 Å². The zero-order valence-electron chi connectivity index (χ0n) is 23.4. The molecule has 0 bridgehead atoms. The smallest absolute Gasteiger partial charge is 0.488 e. The van der Waals surface area contributed by atoms with Crippen molar-refractivity contribution in [1.82, 2.24) is 20.2 Å². The number of carbonyl (C=O) groups excluding carboxylic acids is 1. The molecule has 0 radical (unpaired) electrons. The van der Waals surface area contributed by atoms with Gasteiger partial charge in [0, 0.05) is 38.5 Å². The minimum absolute atomic E-state index is 0.0352. The predicted octanol–water partition coefficient (Wildman–Crippen LogP) is 4.13. The number of carboxylic acids is 1.